The van der Waals surface area contributed by atoms with Crippen molar-refractivity contribution in [3.63, 3.8) is 0 Å². The molecule has 9 nitrogen and oxygen atoms in total. The van der Waals surface area contributed by atoms with E-state index >= 15 is 0 Å². The van der Waals surface area contributed by atoms with Gasteiger partial charge in [0.2, 0.25) is 5.91 Å². The molecule has 0 saturated heterocycles. The van der Waals surface area contributed by atoms with Gasteiger partial charge in [0, 0.05) is 36.4 Å². The van der Waals surface area contributed by atoms with Crippen molar-refractivity contribution in [3.05, 3.63) is 76.3 Å². The van der Waals surface area contributed by atoms with E-state index < -0.39 is 6.04 Å². The van der Waals surface area contributed by atoms with Crippen LogP contribution >= 0.6 is 11.6 Å². The summed E-state index contributed by atoms with van der Waals surface area (Å²) in [5.41, 5.74) is 4.48. The van der Waals surface area contributed by atoms with Crippen molar-refractivity contribution in [2.75, 3.05) is 51.3 Å². The predicted octanol–water partition coefficient (Wildman–Crippen LogP) is 6.58. The zero-order chi connectivity index (χ0) is 33.7. The van der Waals surface area contributed by atoms with E-state index in [0.29, 0.717) is 39.9 Å². The molecular formula is C37H46ClN3O6. The van der Waals surface area contributed by atoms with Gasteiger partial charge in [0.25, 0.3) is 0 Å². The number of nitrogens with zero attached hydrogens (tertiary/aromatic N) is 2. The van der Waals surface area contributed by atoms with Gasteiger partial charge < -0.3 is 29.2 Å². The van der Waals surface area contributed by atoms with Crippen LogP contribution in [0.5, 0.6) is 17.2 Å². The van der Waals surface area contributed by atoms with Gasteiger partial charge in [-0.2, -0.15) is 0 Å². The van der Waals surface area contributed by atoms with E-state index in [-0.39, 0.29) is 30.9 Å². The van der Waals surface area contributed by atoms with Gasteiger partial charge in [0.1, 0.15) is 5.75 Å². The van der Waals surface area contributed by atoms with Crippen molar-refractivity contribution in [1.82, 2.24) is 5.32 Å². The van der Waals surface area contributed by atoms with Crippen LogP contribution < -0.4 is 29.3 Å². The molecule has 252 valence electrons. The molecule has 2 aliphatic rings. The second-order valence-corrected chi connectivity index (χ2v) is 13.1. The van der Waals surface area contributed by atoms with Gasteiger partial charge in [-0.15, -0.1) is 0 Å². The third kappa shape index (κ3) is 7.96. The van der Waals surface area contributed by atoms with E-state index in [2.05, 4.69) is 23.3 Å². The Morgan fingerprint density at radius 1 is 0.957 bits per heavy atom. The minimum absolute atomic E-state index is 0.0472. The lowest BCUT2D eigenvalue weighted by atomic mass is 9.85. The second-order valence-electron chi connectivity index (χ2n) is 12.7. The fourth-order valence-electron chi connectivity index (χ4n) is 6.75. The van der Waals surface area contributed by atoms with Crippen LogP contribution in [0.1, 0.15) is 62.3 Å². The molecule has 1 saturated carbocycles. The Hall–Kier alpha value is -3.95. The number of fused-ring (bicyclic) bond motifs is 1. The van der Waals surface area contributed by atoms with Gasteiger partial charge in [-0.05, 0) is 98.5 Å². The standard InChI is InChI=1S/C37H46ClN3O6/c1-23(2)47-34-20-30-26(17-33(34)45-5)18-35(42)41(37(30)25-9-11-27(38)12-10-25)31-16-15-29(19-32(31)44-4)40(3)22-24-7-13-28(14-8-24)39-21-36(43)46-6/h9-12,15-17,19-20,23-24,28,37,39H,7-8,13-14,18,21-22H2,1-6H3/t24?,28?,37-/m0/s1. The van der Waals surface area contributed by atoms with Crippen LogP contribution in [-0.2, 0) is 20.7 Å². The molecule has 1 aliphatic carbocycles. The molecule has 1 aliphatic heterocycles. The van der Waals surface area contributed by atoms with E-state index in [9.17, 15) is 9.59 Å². The monoisotopic (exact) mass is 663 g/mol. The quantitative estimate of drug-likeness (QED) is 0.218. The summed E-state index contributed by atoms with van der Waals surface area (Å²) in [4.78, 5) is 29.7. The lowest BCUT2D eigenvalue weighted by Gasteiger charge is -2.39. The molecule has 0 radical (unpaired) electrons. The first-order chi connectivity index (χ1) is 22.6. The summed E-state index contributed by atoms with van der Waals surface area (Å²) < 4.78 is 22.5. The largest absolute Gasteiger partial charge is 0.494 e. The number of carbonyl (C=O) groups is 2. The summed E-state index contributed by atoms with van der Waals surface area (Å²) in [5, 5.41) is 3.94. The van der Waals surface area contributed by atoms with Gasteiger partial charge in [0.15, 0.2) is 11.5 Å². The van der Waals surface area contributed by atoms with E-state index in [1.165, 1.54) is 7.11 Å². The summed E-state index contributed by atoms with van der Waals surface area (Å²) in [7, 11) is 6.76. The fraction of sp³-hybridized carbons (Fsp3) is 0.459. The number of anilines is 2. The molecule has 5 rings (SSSR count). The number of rotatable bonds is 12. The van der Waals surface area contributed by atoms with Crippen LogP contribution in [0.2, 0.25) is 5.02 Å². The molecule has 1 atom stereocenters. The number of halogens is 1. The molecule has 1 fully saturated rings. The van der Waals surface area contributed by atoms with Crippen LogP contribution in [-0.4, -0.2) is 65.5 Å². The predicted molar refractivity (Wildman–Crippen MR) is 185 cm³/mol. The zero-order valence-electron chi connectivity index (χ0n) is 28.2. The highest BCUT2D eigenvalue weighted by Gasteiger charge is 2.37. The Bertz CT molecular complexity index is 1550. The third-order valence-electron chi connectivity index (χ3n) is 9.14. The van der Waals surface area contributed by atoms with E-state index in [0.717, 1.165) is 54.6 Å². The third-order valence-corrected chi connectivity index (χ3v) is 9.39. The minimum Gasteiger partial charge on any atom is -0.494 e. The average molecular weight is 664 g/mol. The molecule has 3 aromatic rings. The molecule has 1 N–H and O–H groups in total. The van der Waals surface area contributed by atoms with Crippen molar-refractivity contribution in [2.24, 2.45) is 5.92 Å². The number of hydrogen-bond acceptors (Lipinski definition) is 8. The van der Waals surface area contributed by atoms with Crippen LogP contribution in [0.4, 0.5) is 11.4 Å². The summed E-state index contributed by atoms with van der Waals surface area (Å²) >= 11 is 6.30. The highest BCUT2D eigenvalue weighted by Crippen LogP contribution is 2.46. The maximum atomic E-state index is 14.1. The van der Waals surface area contributed by atoms with E-state index in [1.807, 2.05) is 67.3 Å². The Balaban J connectivity index is 1.42. The maximum absolute atomic E-state index is 14.1. The number of amides is 1. The Morgan fingerprint density at radius 3 is 2.30 bits per heavy atom. The minimum atomic E-state index is -0.440. The molecule has 0 aromatic heterocycles. The number of nitrogens with one attached hydrogen (secondary N) is 1. The number of methoxy groups -OCH3 is 3. The van der Waals surface area contributed by atoms with Crippen LogP contribution in [0.25, 0.3) is 0 Å². The first-order valence-corrected chi connectivity index (χ1v) is 16.6. The fourth-order valence-corrected chi connectivity index (χ4v) is 6.88. The molecule has 47 heavy (non-hydrogen) atoms. The molecule has 1 amide bonds. The molecule has 0 spiro atoms. The van der Waals surface area contributed by atoms with Gasteiger partial charge in [0.05, 0.1) is 52.1 Å². The highest BCUT2D eigenvalue weighted by molar-refractivity contribution is 6.30. The maximum Gasteiger partial charge on any atom is 0.319 e. The summed E-state index contributed by atoms with van der Waals surface area (Å²) in [5.74, 6) is 2.11. The Kier molecular flexibility index (Phi) is 11.2. The second kappa shape index (κ2) is 15.3. The Labute approximate surface area is 283 Å². The molecule has 3 aromatic carbocycles. The highest BCUT2D eigenvalue weighted by atomic mass is 35.5. The first-order valence-electron chi connectivity index (χ1n) is 16.3. The SMILES string of the molecule is COC(=O)CNC1CCC(CN(C)c2ccc(N3C(=O)Cc4cc(OC)c(OC(C)C)cc4[C@@H]3c3ccc(Cl)cc3)c(OC)c2)CC1. The lowest BCUT2D eigenvalue weighted by Crippen LogP contribution is -2.41. The van der Waals surface area contributed by atoms with Crippen molar-refractivity contribution in [2.45, 2.75) is 64.1 Å². The average Bonchev–Trinajstić information content (AvgIpc) is 3.07. The van der Waals surface area contributed by atoms with E-state index in [4.69, 9.17) is 30.5 Å². The molecule has 0 unspecified atom stereocenters. The van der Waals surface area contributed by atoms with Gasteiger partial charge in [-0.25, -0.2) is 0 Å². The van der Waals surface area contributed by atoms with Crippen LogP contribution in [0, 0.1) is 5.92 Å². The number of benzene rings is 3. The van der Waals surface area contributed by atoms with Crippen molar-refractivity contribution >= 4 is 34.9 Å². The molecular weight excluding hydrogens is 618 g/mol. The van der Waals surface area contributed by atoms with Crippen LogP contribution in [0.3, 0.4) is 0 Å². The number of carbonyl (C=O) groups excluding carboxylic acids is 2. The van der Waals surface area contributed by atoms with Gasteiger partial charge in [-0.3, -0.25) is 14.5 Å². The van der Waals surface area contributed by atoms with Gasteiger partial charge in [-0.1, -0.05) is 23.7 Å². The normalized spacial score (nSPS) is 19.3. The summed E-state index contributed by atoms with van der Waals surface area (Å²) in [6.07, 6.45) is 4.36. The molecule has 1 heterocycles. The summed E-state index contributed by atoms with van der Waals surface area (Å²) in [6, 6.07) is 17.5. The van der Waals surface area contributed by atoms with Crippen molar-refractivity contribution in [1.29, 1.82) is 0 Å². The number of esters is 1. The smallest absolute Gasteiger partial charge is 0.319 e. The molecule has 10 heteroatoms. The van der Waals surface area contributed by atoms with Gasteiger partial charge >= 0.3 is 5.97 Å². The van der Waals surface area contributed by atoms with E-state index in [1.54, 1.807) is 14.2 Å². The first kappa shape index (κ1) is 34.4. The van der Waals surface area contributed by atoms with Crippen molar-refractivity contribution < 1.29 is 28.5 Å². The number of hydrogen-bond donors (Lipinski definition) is 1. The zero-order valence-corrected chi connectivity index (χ0v) is 28.9. The lowest BCUT2D eigenvalue weighted by molar-refractivity contribution is -0.139. The summed E-state index contributed by atoms with van der Waals surface area (Å²) in [6.45, 7) is 5.11. The topological polar surface area (TPSA) is 89.6 Å². The molecule has 0 bridgehead atoms. The van der Waals surface area contributed by atoms with Crippen LogP contribution in [0.15, 0.2) is 54.6 Å². The van der Waals surface area contributed by atoms with Crippen molar-refractivity contribution in [3.8, 4) is 17.2 Å². The Morgan fingerprint density at radius 2 is 1.66 bits per heavy atom. The number of ether oxygens (including phenoxy) is 4.